The van der Waals surface area contributed by atoms with Gasteiger partial charge in [-0.15, -0.1) is 0 Å². The fourth-order valence-electron chi connectivity index (χ4n) is 1.79. The number of carbonyl (C=O) groups is 1. The number of carboxylic acid groups (broad SMARTS) is 1. The van der Waals surface area contributed by atoms with E-state index in [9.17, 15) is 26.7 Å². The lowest BCUT2D eigenvalue weighted by atomic mass is 10.2. The van der Waals surface area contributed by atoms with Crippen molar-refractivity contribution in [1.29, 1.82) is 0 Å². The molecule has 0 bridgehead atoms. The molecule has 4 nitrogen and oxygen atoms in total. The first-order valence-corrected chi connectivity index (χ1v) is 5.29. The van der Waals surface area contributed by atoms with Gasteiger partial charge >= 0.3 is 12.1 Å². The number of hydrogen-bond donors (Lipinski definition) is 1. The second-order valence-electron chi connectivity index (χ2n) is 3.94. The number of fused-ring (bicyclic) bond motifs is 1. The number of hydrogen-bond acceptors (Lipinski definition) is 2. The molecule has 2 rings (SSSR count). The van der Waals surface area contributed by atoms with E-state index in [1.807, 2.05) is 0 Å². The Morgan fingerprint density at radius 2 is 2.00 bits per heavy atom. The first-order chi connectivity index (χ1) is 9.20. The predicted molar refractivity (Wildman–Crippen MR) is 57.7 cm³/mol. The molecule has 0 aliphatic carbocycles. The Bertz CT molecular complexity index is 663. The zero-order valence-corrected chi connectivity index (χ0v) is 9.66. The first-order valence-electron chi connectivity index (χ1n) is 5.29. The van der Waals surface area contributed by atoms with E-state index in [1.54, 1.807) is 0 Å². The lowest BCUT2D eigenvalue weighted by Gasteiger charge is -2.10. The van der Waals surface area contributed by atoms with E-state index in [2.05, 4.69) is 4.98 Å². The van der Waals surface area contributed by atoms with Crippen LogP contribution in [0.15, 0.2) is 18.2 Å². The van der Waals surface area contributed by atoms with Crippen LogP contribution in [0.5, 0.6) is 0 Å². The van der Waals surface area contributed by atoms with Crippen LogP contribution in [-0.4, -0.2) is 27.1 Å². The highest BCUT2D eigenvalue weighted by atomic mass is 19.4. The molecule has 0 saturated heterocycles. The fraction of sp³-hybridized carbons (Fsp3) is 0.273. The zero-order chi connectivity index (χ0) is 15.1. The number of aromatic nitrogens is 2. The average Bonchev–Trinajstić information content (AvgIpc) is 2.66. The van der Waals surface area contributed by atoms with Crippen molar-refractivity contribution in [2.24, 2.45) is 0 Å². The monoisotopic (exact) mass is 294 g/mol. The number of benzene rings is 1. The van der Waals surface area contributed by atoms with Gasteiger partial charge in [0.25, 0.3) is 6.43 Å². The molecule has 0 aliphatic rings. The van der Waals surface area contributed by atoms with Crippen molar-refractivity contribution in [3.8, 4) is 0 Å². The second-order valence-corrected chi connectivity index (χ2v) is 3.94. The smallest absolute Gasteiger partial charge is 0.449 e. The maximum absolute atomic E-state index is 12.8. The summed E-state index contributed by atoms with van der Waals surface area (Å²) in [6.07, 6.45) is -7.93. The van der Waals surface area contributed by atoms with E-state index in [1.165, 1.54) is 0 Å². The van der Waals surface area contributed by atoms with Gasteiger partial charge < -0.3 is 9.67 Å². The second kappa shape index (κ2) is 4.73. The Morgan fingerprint density at radius 3 is 2.50 bits per heavy atom. The normalized spacial score (nSPS) is 12.3. The van der Waals surface area contributed by atoms with Crippen LogP contribution >= 0.6 is 0 Å². The van der Waals surface area contributed by atoms with E-state index >= 15 is 0 Å². The summed E-state index contributed by atoms with van der Waals surface area (Å²) >= 11 is 0. The molecule has 9 heteroatoms. The van der Waals surface area contributed by atoms with Gasteiger partial charge in [0.2, 0.25) is 5.82 Å². The first kappa shape index (κ1) is 14.2. The van der Waals surface area contributed by atoms with Crippen LogP contribution < -0.4 is 0 Å². The molecule has 0 atom stereocenters. The van der Waals surface area contributed by atoms with Crippen molar-refractivity contribution < 1.29 is 31.9 Å². The number of carboxylic acids is 1. The van der Waals surface area contributed by atoms with Crippen LogP contribution in [0, 0.1) is 0 Å². The van der Waals surface area contributed by atoms with Gasteiger partial charge in [0.15, 0.2) is 0 Å². The highest BCUT2D eigenvalue weighted by Crippen LogP contribution is 2.32. The molecule has 2 aromatic rings. The number of imidazole rings is 1. The van der Waals surface area contributed by atoms with Crippen LogP contribution in [0.4, 0.5) is 22.0 Å². The van der Waals surface area contributed by atoms with Crippen molar-refractivity contribution in [2.45, 2.75) is 19.1 Å². The number of halogens is 5. The molecule has 0 amide bonds. The summed E-state index contributed by atoms with van der Waals surface area (Å²) in [5.41, 5.74) is -0.790. The van der Waals surface area contributed by atoms with Gasteiger partial charge in [0.1, 0.15) is 0 Å². The van der Waals surface area contributed by atoms with Gasteiger partial charge in [0, 0.05) is 0 Å². The van der Waals surface area contributed by atoms with Gasteiger partial charge in [-0.1, -0.05) is 0 Å². The van der Waals surface area contributed by atoms with Gasteiger partial charge in [-0.05, 0) is 18.2 Å². The van der Waals surface area contributed by atoms with Gasteiger partial charge in [0.05, 0.1) is 23.1 Å². The molecule has 0 unspecified atom stereocenters. The van der Waals surface area contributed by atoms with Gasteiger partial charge in [-0.3, -0.25) is 0 Å². The van der Waals surface area contributed by atoms with Crippen molar-refractivity contribution >= 4 is 17.0 Å². The summed E-state index contributed by atoms with van der Waals surface area (Å²) < 4.78 is 63.4. The van der Waals surface area contributed by atoms with E-state index in [-0.39, 0.29) is 21.2 Å². The fourth-order valence-corrected chi connectivity index (χ4v) is 1.79. The summed E-state index contributed by atoms with van der Waals surface area (Å²) in [6, 6.07) is 3.00. The number of nitrogens with zero attached hydrogens (tertiary/aromatic N) is 2. The topological polar surface area (TPSA) is 55.1 Å². The summed E-state index contributed by atoms with van der Waals surface area (Å²) in [4.78, 5) is 14.0. The predicted octanol–water partition coefficient (Wildman–Crippen LogP) is 3.02. The standard InChI is InChI=1S/C11H7F5N2O2/c12-8(13)4-18-7-3-5(9(19)20)1-2-6(7)17-10(18)11(14,15)16/h1-3,8H,4H2,(H,19,20). The van der Waals surface area contributed by atoms with E-state index in [4.69, 9.17) is 5.11 Å². The molecule has 1 heterocycles. The summed E-state index contributed by atoms with van der Waals surface area (Å²) in [5, 5.41) is 8.78. The zero-order valence-electron chi connectivity index (χ0n) is 9.66. The number of alkyl halides is 5. The molecule has 0 spiro atoms. The molecule has 0 saturated carbocycles. The highest BCUT2D eigenvalue weighted by Gasteiger charge is 2.38. The van der Waals surface area contributed by atoms with Crippen LogP contribution in [0.3, 0.4) is 0 Å². The van der Waals surface area contributed by atoms with E-state index < -0.39 is 30.9 Å². The molecule has 0 aliphatic heterocycles. The van der Waals surface area contributed by atoms with Crippen molar-refractivity contribution in [1.82, 2.24) is 9.55 Å². The van der Waals surface area contributed by atoms with Crippen molar-refractivity contribution in [2.75, 3.05) is 0 Å². The third kappa shape index (κ3) is 2.56. The quantitative estimate of drug-likeness (QED) is 0.885. The molecule has 0 radical (unpaired) electrons. The Kier molecular flexibility index (Phi) is 3.36. The third-order valence-electron chi connectivity index (χ3n) is 2.57. The van der Waals surface area contributed by atoms with Crippen LogP contribution in [0.25, 0.3) is 11.0 Å². The minimum Gasteiger partial charge on any atom is -0.478 e. The van der Waals surface area contributed by atoms with E-state index in [0.717, 1.165) is 18.2 Å². The van der Waals surface area contributed by atoms with Gasteiger partial charge in [-0.25, -0.2) is 18.6 Å². The largest absolute Gasteiger partial charge is 0.478 e. The lowest BCUT2D eigenvalue weighted by molar-refractivity contribution is -0.147. The molecule has 1 aromatic heterocycles. The maximum Gasteiger partial charge on any atom is 0.449 e. The van der Waals surface area contributed by atoms with Gasteiger partial charge in [-0.2, -0.15) is 13.2 Å². The average molecular weight is 294 g/mol. The Hall–Kier alpha value is -2.19. The molecular weight excluding hydrogens is 287 g/mol. The Labute approximate surface area is 108 Å². The summed E-state index contributed by atoms with van der Waals surface area (Å²) in [7, 11) is 0. The van der Waals surface area contributed by atoms with Crippen molar-refractivity contribution in [3.05, 3.63) is 29.6 Å². The lowest BCUT2D eigenvalue weighted by Crippen LogP contribution is -2.18. The molecule has 1 N–H and O–H groups in total. The minimum absolute atomic E-state index is 0.192. The number of aromatic carboxylic acids is 1. The highest BCUT2D eigenvalue weighted by molar-refractivity contribution is 5.92. The Balaban J connectivity index is 2.71. The van der Waals surface area contributed by atoms with Crippen LogP contribution in [0.2, 0.25) is 0 Å². The molecule has 20 heavy (non-hydrogen) atoms. The minimum atomic E-state index is -4.91. The molecular formula is C11H7F5N2O2. The summed E-state index contributed by atoms with van der Waals surface area (Å²) in [6.45, 7) is -1.21. The molecule has 1 aromatic carbocycles. The summed E-state index contributed by atoms with van der Waals surface area (Å²) in [5.74, 6) is -2.85. The van der Waals surface area contributed by atoms with E-state index in [0.29, 0.717) is 0 Å². The van der Waals surface area contributed by atoms with Crippen LogP contribution in [-0.2, 0) is 12.7 Å². The Morgan fingerprint density at radius 1 is 1.35 bits per heavy atom. The van der Waals surface area contributed by atoms with Crippen molar-refractivity contribution in [3.63, 3.8) is 0 Å². The third-order valence-corrected chi connectivity index (χ3v) is 2.57. The molecule has 108 valence electrons. The SMILES string of the molecule is O=C(O)c1ccc2nc(C(F)(F)F)n(CC(F)F)c2c1. The number of rotatable bonds is 3. The van der Waals surface area contributed by atoms with Crippen LogP contribution in [0.1, 0.15) is 16.2 Å². The maximum atomic E-state index is 12.8. The molecule has 0 fully saturated rings.